The number of oxazole rings is 1. The molecule has 0 unspecified atom stereocenters. The lowest BCUT2D eigenvalue weighted by molar-refractivity contribution is 0.363. The average Bonchev–Trinajstić information content (AvgIpc) is 3.95. The van der Waals surface area contributed by atoms with Crippen LogP contribution in [0.25, 0.3) is 0 Å². The number of nitrogens with one attached hydrogen (secondary N) is 1. The van der Waals surface area contributed by atoms with Crippen LogP contribution in [0.3, 0.4) is 0 Å². The Hall–Kier alpha value is -3.39. The number of aromatic nitrogens is 4. The summed E-state index contributed by atoms with van der Waals surface area (Å²) in [5.74, 6) is 10.2. The number of H-pyrrole nitrogens is 1. The van der Waals surface area contributed by atoms with E-state index in [9.17, 15) is 0 Å². The Bertz CT molecular complexity index is 1300. The monoisotopic (exact) mass is 779 g/mol. The van der Waals surface area contributed by atoms with Crippen molar-refractivity contribution < 1.29 is 13.4 Å². The van der Waals surface area contributed by atoms with Gasteiger partial charge in [0.2, 0.25) is 0 Å². The van der Waals surface area contributed by atoms with Crippen molar-refractivity contribution in [3.63, 3.8) is 0 Å². The van der Waals surface area contributed by atoms with Gasteiger partial charge in [-0.1, -0.05) is 144 Å². The molecule has 8 heteroatoms. The van der Waals surface area contributed by atoms with Gasteiger partial charge >= 0.3 is 0 Å². The molecule has 0 radical (unpaired) electrons. The topological polar surface area (TPSA) is 93.9 Å². The molecule has 0 amide bonds. The van der Waals surface area contributed by atoms with Gasteiger partial charge in [0, 0.05) is 51.1 Å². The molecule has 0 spiro atoms. The highest BCUT2D eigenvalue weighted by molar-refractivity contribution is 7.12. The van der Waals surface area contributed by atoms with Crippen molar-refractivity contribution in [3.8, 4) is 0 Å². The second kappa shape index (κ2) is 24.3. The van der Waals surface area contributed by atoms with Gasteiger partial charge in [-0.15, -0.1) is 11.3 Å². The molecule has 0 saturated carbocycles. The van der Waals surface area contributed by atoms with E-state index in [1.54, 1.807) is 0 Å². The van der Waals surface area contributed by atoms with Crippen LogP contribution in [-0.4, -0.2) is 20.3 Å². The number of nitrogens with zero attached hydrogens (tertiary/aromatic N) is 3. The van der Waals surface area contributed by atoms with E-state index >= 15 is 0 Å². The van der Waals surface area contributed by atoms with Crippen LogP contribution in [0.5, 0.6) is 0 Å². The molecular formula is C47H78N4O3S. The fourth-order valence-electron chi connectivity index (χ4n) is 4.61. The molecule has 1 N–H and O–H groups in total. The smallest absolute Gasteiger partial charge is 0.196 e. The van der Waals surface area contributed by atoms with Crippen molar-refractivity contribution in [1.82, 2.24) is 20.3 Å². The third-order valence-electron chi connectivity index (χ3n) is 8.71. The van der Waals surface area contributed by atoms with E-state index in [4.69, 9.17) is 13.4 Å². The zero-order chi connectivity index (χ0) is 42.2. The molecular weight excluding hydrogens is 701 g/mol. The highest BCUT2D eigenvalue weighted by Gasteiger charge is 2.11. The summed E-state index contributed by atoms with van der Waals surface area (Å²) in [6, 6.07) is 12.8. The normalized spacial score (nSPS) is 11.5. The van der Waals surface area contributed by atoms with Crippen LogP contribution >= 0.6 is 11.3 Å². The van der Waals surface area contributed by atoms with E-state index in [2.05, 4.69) is 189 Å². The zero-order valence-corrected chi connectivity index (χ0v) is 39.1. The van der Waals surface area contributed by atoms with Crippen molar-refractivity contribution in [3.05, 3.63) is 98.4 Å². The highest BCUT2D eigenvalue weighted by Crippen LogP contribution is 2.29. The third kappa shape index (κ3) is 18.0. The minimum Gasteiger partial charge on any atom is -0.466 e. The molecule has 0 aliphatic rings. The lowest BCUT2D eigenvalue weighted by Crippen LogP contribution is -1.85. The first-order valence-corrected chi connectivity index (χ1v) is 21.5. The van der Waals surface area contributed by atoms with Crippen LogP contribution in [0.15, 0.2) is 56.0 Å². The maximum Gasteiger partial charge on any atom is 0.196 e. The quantitative estimate of drug-likeness (QED) is 0.152. The Morgan fingerprint density at radius 2 is 0.927 bits per heavy atom. The molecule has 0 atom stereocenters. The Kier molecular flexibility index (Phi) is 21.9. The standard InChI is InChI=1S/C10H16O.C10H16S.C9H16N2.2C9H15NO/c2*1-7(2)9-5-6-10(11-9)8(3)4;1-6(2)8-5-9(7(3)4)11-10-8;1-6(2)8-5-10-9(11-8)7(3)4;1-6(2)8-5-9(7(3)4)11-10-8/h2*5-8H,1-4H3;5-7H,1-4H3,(H,10,11);2*5-7H,1-4H3. The fraction of sp³-hybridized carbons (Fsp3) is 0.638. The van der Waals surface area contributed by atoms with Crippen LogP contribution < -0.4 is 0 Å². The largest absolute Gasteiger partial charge is 0.466 e. The first-order chi connectivity index (χ1) is 25.5. The third-order valence-corrected chi connectivity index (χ3v) is 10.4. The van der Waals surface area contributed by atoms with Crippen molar-refractivity contribution in [2.24, 2.45) is 0 Å². The van der Waals surface area contributed by atoms with E-state index in [1.165, 1.54) is 15.4 Å². The van der Waals surface area contributed by atoms with E-state index in [1.807, 2.05) is 23.6 Å². The van der Waals surface area contributed by atoms with Crippen LogP contribution in [0.2, 0.25) is 0 Å². The number of furan rings is 1. The molecule has 55 heavy (non-hydrogen) atoms. The molecule has 310 valence electrons. The van der Waals surface area contributed by atoms with Gasteiger partial charge in [0.25, 0.3) is 0 Å². The molecule has 5 rings (SSSR count). The summed E-state index contributed by atoms with van der Waals surface area (Å²) in [4.78, 5) is 7.19. The maximum absolute atomic E-state index is 5.61. The van der Waals surface area contributed by atoms with E-state index in [0.29, 0.717) is 59.2 Å². The Morgan fingerprint density at radius 3 is 1.16 bits per heavy atom. The Labute approximate surface area is 339 Å². The lowest BCUT2D eigenvalue weighted by Gasteiger charge is -2.00. The summed E-state index contributed by atoms with van der Waals surface area (Å²) in [5.41, 5.74) is 3.44. The summed E-state index contributed by atoms with van der Waals surface area (Å²) in [6.07, 6.45) is 1.82. The van der Waals surface area contributed by atoms with Crippen molar-refractivity contribution in [1.29, 1.82) is 0 Å². The summed E-state index contributed by atoms with van der Waals surface area (Å²) in [5, 5.41) is 11.2. The molecule has 5 heterocycles. The van der Waals surface area contributed by atoms with E-state index in [0.717, 1.165) is 40.3 Å². The Morgan fingerprint density at radius 1 is 0.455 bits per heavy atom. The average molecular weight is 779 g/mol. The summed E-state index contributed by atoms with van der Waals surface area (Å²) in [7, 11) is 0. The van der Waals surface area contributed by atoms with E-state index < -0.39 is 0 Å². The maximum atomic E-state index is 5.61. The summed E-state index contributed by atoms with van der Waals surface area (Å²) >= 11 is 1.95. The lowest BCUT2D eigenvalue weighted by atomic mass is 10.1. The van der Waals surface area contributed by atoms with Gasteiger partial charge < -0.3 is 13.4 Å². The molecule has 0 saturated heterocycles. The molecule has 0 aliphatic heterocycles. The number of hydrogen-bond donors (Lipinski definition) is 1. The molecule has 0 fully saturated rings. The van der Waals surface area contributed by atoms with Crippen LogP contribution in [0.4, 0.5) is 0 Å². The number of aromatic amines is 1. The second-order valence-electron chi connectivity index (χ2n) is 17.5. The van der Waals surface area contributed by atoms with Gasteiger partial charge in [-0.2, -0.15) is 5.10 Å². The van der Waals surface area contributed by atoms with Crippen molar-refractivity contribution >= 4 is 11.3 Å². The van der Waals surface area contributed by atoms with Crippen molar-refractivity contribution in [2.45, 2.75) is 198 Å². The molecule has 5 aromatic heterocycles. The van der Waals surface area contributed by atoms with Gasteiger partial charge in [-0.3, -0.25) is 5.10 Å². The van der Waals surface area contributed by atoms with Crippen LogP contribution in [-0.2, 0) is 0 Å². The van der Waals surface area contributed by atoms with Crippen LogP contribution in [0, 0.1) is 0 Å². The summed E-state index contributed by atoms with van der Waals surface area (Å²) in [6.45, 7) is 43.0. The predicted octanol–water partition coefficient (Wildman–Crippen LogP) is 16.0. The first-order valence-electron chi connectivity index (χ1n) is 20.7. The van der Waals surface area contributed by atoms with Gasteiger partial charge in [0.05, 0.1) is 17.6 Å². The van der Waals surface area contributed by atoms with Gasteiger partial charge in [-0.05, 0) is 59.9 Å². The van der Waals surface area contributed by atoms with Crippen LogP contribution in [0.1, 0.15) is 253 Å². The minimum absolute atomic E-state index is 0.391. The van der Waals surface area contributed by atoms with Crippen molar-refractivity contribution in [2.75, 3.05) is 0 Å². The SMILES string of the molecule is CC(C)c1cc(C(C)C)[nH]n1.CC(C)c1cc(C(C)C)on1.CC(C)c1ccc(C(C)C)o1.CC(C)c1ccc(C(C)C)s1.CC(C)c1cnc(C(C)C)o1. The van der Waals surface area contributed by atoms with E-state index in [-0.39, 0.29) is 0 Å². The Balaban J connectivity index is 0.000000344. The zero-order valence-electron chi connectivity index (χ0n) is 38.3. The number of thiophene rings is 1. The minimum atomic E-state index is 0.391. The van der Waals surface area contributed by atoms with Gasteiger partial charge in [-0.25, -0.2) is 4.98 Å². The molecule has 7 nitrogen and oxygen atoms in total. The second-order valence-corrected chi connectivity index (χ2v) is 18.7. The highest BCUT2D eigenvalue weighted by atomic mass is 32.1. The fourth-order valence-corrected chi connectivity index (χ4v) is 5.62. The molecule has 5 aromatic rings. The number of rotatable bonds is 10. The number of hydrogen-bond acceptors (Lipinski definition) is 7. The molecule has 0 aromatic carbocycles. The van der Waals surface area contributed by atoms with Gasteiger partial charge in [0.1, 0.15) is 23.0 Å². The molecule has 0 bridgehead atoms. The first kappa shape index (κ1) is 49.6. The van der Waals surface area contributed by atoms with Gasteiger partial charge in [0.15, 0.2) is 5.89 Å². The predicted molar refractivity (Wildman–Crippen MR) is 236 cm³/mol. The molecule has 0 aliphatic carbocycles. The summed E-state index contributed by atoms with van der Waals surface area (Å²) < 4.78 is 16.2.